The Morgan fingerprint density at radius 2 is 2.24 bits per heavy atom. The minimum absolute atomic E-state index is 0.578. The summed E-state index contributed by atoms with van der Waals surface area (Å²) < 4.78 is 7.00. The van der Waals surface area contributed by atoms with Gasteiger partial charge in [-0.05, 0) is 18.2 Å². The van der Waals surface area contributed by atoms with Crippen LogP contribution in [0.25, 0.3) is 10.9 Å². The van der Waals surface area contributed by atoms with Crippen molar-refractivity contribution in [2.45, 2.75) is 13.5 Å². The first-order valence-corrected chi connectivity index (χ1v) is 5.64. The molecule has 3 aromatic rings. The van der Waals surface area contributed by atoms with Crippen molar-refractivity contribution in [1.29, 1.82) is 0 Å². The molecular formula is C12H10ClN3O. The number of aromatic nitrogens is 3. The molecule has 5 heteroatoms. The van der Waals surface area contributed by atoms with E-state index in [0.29, 0.717) is 18.3 Å². The molecule has 4 nitrogen and oxygen atoms in total. The van der Waals surface area contributed by atoms with Gasteiger partial charge in [0.05, 0.1) is 6.54 Å². The summed E-state index contributed by atoms with van der Waals surface area (Å²) in [6, 6.07) is 7.83. The van der Waals surface area contributed by atoms with E-state index in [1.807, 2.05) is 35.0 Å². The number of fused-ring (bicyclic) bond motifs is 1. The van der Waals surface area contributed by atoms with E-state index in [0.717, 1.165) is 15.9 Å². The van der Waals surface area contributed by atoms with Gasteiger partial charge < -0.3 is 9.09 Å². The van der Waals surface area contributed by atoms with Gasteiger partial charge in [0.25, 0.3) is 0 Å². The molecule has 0 radical (unpaired) electrons. The summed E-state index contributed by atoms with van der Waals surface area (Å²) in [5, 5.41) is 5.67. The lowest BCUT2D eigenvalue weighted by molar-refractivity contribution is 0.386. The molecule has 0 saturated carbocycles. The fourth-order valence-corrected chi connectivity index (χ4v) is 2.11. The maximum atomic E-state index is 6.11. The minimum atomic E-state index is 0.578. The topological polar surface area (TPSA) is 43.9 Å². The summed E-state index contributed by atoms with van der Waals surface area (Å²) in [5.41, 5.74) is 1.07. The average Bonchev–Trinajstić information content (AvgIpc) is 2.88. The van der Waals surface area contributed by atoms with Gasteiger partial charge in [-0.25, -0.2) is 0 Å². The molecule has 2 heterocycles. The number of halogens is 1. The van der Waals surface area contributed by atoms with Gasteiger partial charge in [-0.1, -0.05) is 22.8 Å². The van der Waals surface area contributed by atoms with Gasteiger partial charge in [0.1, 0.15) is 0 Å². The van der Waals surface area contributed by atoms with Crippen LogP contribution in [0.2, 0.25) is 5.02 Å². The van der Waals surface area contributed by atoms with Crippen LogP contribution in [0, 0.1) is 6.92 Å². The van der Waals surface area contributed by atoms with Crippen LogP contribution >= 0.6 is 11.6 Å². The molecule has 0 spiro atoms. The molecule has 0 aliphatic heterocycles. The van der Waals surface area contributed by atoms with Gasteiger partial charge in [0.2, 0.25) is 5.89 Å². The number of aryl methyl sites for hydroxylation is 1. The molecule has 2 aromatic heterocycles. The second-order valence-electron chi connectivity index (χ2n) is 3.85. The van der Waals surface area contributed by atoms with E-state index in [1.165, 1.54) is 0 Å². The number of nitrogens with zero attached hydrogens (tertiary/aromatic N) is 3. The maximum absolute atomic E-state index is 6.11. The summed E-state index contributed by atoms with van der Waals surface area (Å²) in [7, 11) is 0. The molecule has 0 aliphatic carbocycles. The summed E-state index contributed by atoms with van der Waals surface area (Å²) in [5.74, 6) is 1.24. The molecule has 0 N–H and O–H groups in total. The number of hydrogen-bond donors (Lipinski definition) is 0. The molecule has 0 aliphatic rings. The van der Waals surface area contributed by atoms with Crippen molar-refractivity contribution in [2.75, 3.05) is 0 Å². The molecule has 3 rings (SSSR count). The first-order valence-electron chi connectivity index (χ1n) is 5.26. The Balaban J connectivity index is 2.04. The third-order valence-corrected chi connectivity index (χ3v) is 2.97. The Kier molecular flexibility index (Phi) is 2.37. The van der Waals surface area contributed by atoms with Crippen molar-refractivity contribution in [3.05, 3.63) is 47.2 Å². The van der Waals surface area contributed by atoms with Gasteiger partial charge in [-0.15, -0.1) is 0 Å². The summed E-state index contributed by atoms with van der Waals surface area (Å²) >= 11 is 6.11. The highest BCUT2D eigenvalue weighted by atomic mass is 35.5. The fourth-order valence-electron chi connectivity index (χ4n) is 1.88. The van der Waals surface area contributed by atoms with E-state index < -0.39 is 0 Å². The zero-order valence-electron chi connectivity index (χ0n) is 9.22. The Bertz CT molecular complexity index is 671. The van der Waals surface area contributed by atoms with E-state index in [4.69, 9.17) is 16.1 Å². The number of rotatable bonds is 2. The molecule has 0 bridgehead atoms. The molecular weight excluding hydrogens is 238 g/mol. The Morgan fingerprint density at radius 1 is 1.35 bits per heavy atom. The second-order valence-corrected chi connectivity index (χ2v) is 4.25. The van der Waals surface area contributed by atoms with Gasteiger partial charge >= 0.3 is 0 Å². The van der Waals surface area contributed by atoms with E-state index in [9.17, 15) is 0 Å². The Labute approximate surface area is 103 Å². The van der Waals surface area contributed by atoms with Crippen LogP contribution in [0.5, 0.6) is 0 Å². The molecule has 86 valence electrons. The number of hydrogen-bond acceptors (Lipinski definition) is 3. The largest absolute Gasteiger partial charge is 0.340 e. The Morgan fingerprint density at radius 3 is 3.00 bits per heavy atom. The van der Waals surface area contributed by atoms with Crippen LogP contribution in [-0.4, -0.2) is 14.7 Å². The summed E-state index contributed by atoms with van der Waals surface area (Å²) in [6.07, 6.45) is 1.97. The monoisotopic (exact) mass is 247 g/mol. The molecule has 0 atom stereocenters. The van der Waals surface area contributed by atoms with Crippen molar-refractivity contribution in [2.24, 2.45) is 0 Å². The van der Waals surface area contributed by atoms with E-state index in [2.05, 4.69) is 10.1 Å². The highest BCUT2D eigenvalue weighted by Gasteiger charge is 2.07. The van der Waals surface area contributed by atoms with Gasteiger partial charge in [-0.3, -0.25) is 0 Å². The zero-order valence-corrected chi connectivity index (χ0v) is 9.98. The molecule has 1 aromatic carbocycles. The van der Waals surface area contributed by atoms with Crippen LogP contribution in [0.4, 0.5) is 0 Å². The SMILES string of the molecule is Cc1nc(Cn2ccc3c(Cl)cccc32)no1. The minimum Gasteiger partial charge on any atom is -0.340 e. The quantitative estimate of drug-likeness (QED) is 0.699. The van der Waals surface area contributed by atoms with Gasteiger partial charge in [0, 0.05) is 29.0 Å². The van der Waals surface area contributed by atoms with Crippen LogP contribution < -0.4 is 0 Å². The van der Waals surface area contributed by atoms with Crippen LogP contribution in [0.3, 0.4) is 0 Å². The van der Waals surface area contributed by atoms with Crippen LogP contribution in [-0.2, 0) is 6.54 Å². The van der Waals surface area contributed by atoms with Crippen molar-refractivity contribution in [3.63, 3.8) is 0 Å². The molecule has 0 unspecified atom stereocenters. The second kappa shape index (κ2) is 3.89. The van der Waals surface area contributed by atoms with Crippen LogP contribution in [0.1, 0.15) is 11.7 Å². The zero-order chi connectivity index (χ0) is 11.8. The van der Waals surface area contributed by atoms with Gasteiger partial charge in [0.15, 0.2) is 5.82 Å². The smallest absolute Gasteiger partial charge is 0.223 e. The number of benzene rings is 1. The van der Waals surface area contributed by atoms with E-state index in [-0.39, 0.29) is 0 Å². The molecule has 0 fully saturated rings. The van der Waals surface area contributed by atoms with E-state index in [1.54, 1.807) is 6.92 Å². The third-order valence-electron chi connectivity index (χ3n) is 2.64. The molecule has 0 saturated heterocycles. The van der Waals surface area contributed by atoms with Crippen molar-refractivity contribution >= 4 is 22.5 Å². The fraction of sp³-hybridized carbons (Fsp3) is 0.167. The average molecular weight is 248 g/mol. The predicted molar refractivity (Wildman–Crippen MR) is 65.1 cm³/mol. The summed E-state index contributed by atoms with van der Waals surface area (Å²) in [4.78, 5) is 4.18. The summed E-state index contributed by atoms with van der Waals surface area (Å²) in [6.45, 7) is 2.36. The maximum Gasteiger partial charge on any atom is 0.223 e. The normalized spacial score (nSPS) is 11.2. The highest BCUT2D eigenvalue weighted by molar-refractivity contribution is 6.35. The van der Waals surface area contributed by atoms with Gasteiger partial charge in [-0.2, -0.15) is 4.98 Å². The lowest BCUT2D eigenvalue weighted by Crippen LogP contribution is -1.99. The van der Waals surface area contributed by atoms with Crippen molar-refractivity contribution in [3.8, 4) is 0 Å². The standard InChI is InChI=1S/C12H10ClN3O/c1-8-14-12(15-17-8)7-16-6-5-9-10(13)3-2-4-11(9)16/h2-6H,7H2,1H3. The Hall–Kier alpha value is -1.81. The predicted octanol–water partition coefficient (Wildman–Crippen LogP) is 3.03. The molecule has 17 heavy (non-hydrogen) atoms. The lowest BCUT2D eigenvalue weighted by Gasteiger charge is -2.01. The van der Waals surface area contributed by atoms with E-state index >= 15 is 0 Å². The van der Waals surface area contributed by atoms with Crippen LogP contribution in [0.15, 0.2) is 35.0 Å². The molecule has 0 amide bonds. The van der Waals surface area contributed by atoms with Crippen molar-refractivity contribution in [1.82, 2.24) is 14.7 Å². The highest BCUT2D eigenvalue weighted by Crippen LogP contribution is 2.24. The first-order chi connectivity index (χ1) is 8.24. The van der Waals surface area contributed by atoms with Crippen molar-refractivity contribution < 1.29 is 4.52 Å². The third kappa shape index (κ3) is 1.80. The first kappa shape index (κ1) is 10.4. The lowest BCUT2D eigenvalue weighted by atomic mass is 10.2.